The van der Waals surface area contributed by atoms with E-state index in [9.17, 15) is 9.59 Å². The molecule has 1 amide bonds. The zero-order valence-electron chi connectivity index (χ0n) is 14.9. The Kier molecular flexibility index (Phi) is 3.59. The second kappa shape index (κ2) is 5.86. The normalized spacial score (nSPS) is 29.2. The van der Waals surface area contributed by atoms with E-state index in [0.717, 1.165) is 38.8 Å². The molecule has 5 rings (SSSR count). The minimum absolute atomic E-state index is 0.0277. The van der Waals surface area contributed by atoms with Crippen LogP contribution in [-0.2, 0) is 14.3 Å². The molecular weight excluding hydrogens is 328 g/mol. The number of carbonyl (C=O) groups is 2. The first kappa shape index (κ1) is 15.9. The number of likely N-dealkylation sites (tertiary alicyclic amines) is 1. The van der Waals surface area contributed by atoms with E-state index in [2.05, 4.69) is 35.3 Å². The molecule has 1 saturated carbocycles. The van der Waals surface area contributed by atoms with E-state index >= 15 is 0 Å². The average Bonchev–Trinajstić information content (AvgIpc) is 3.23. The molecule has 2 saturated heterocycles. The summed E-state index contributed by atoms with van der Waals surface area (Å²) in [5.74, 6) is 0.772. The number of H-pyrrole nitrogens is 1. The number of amides is 1. The lowest BCUT2D eigenvalue weighted by molar-refractivity contribution is -0.144. The maximum absolute atomic E-state index is 12.8. The number of nitrogens with one attached hydrogen (secondary N) is 1. The maximum atomic E-state index is 12.8. The summed E-state index contributed by atoms with van der Waals surface area (Å²) in [4.78, 5) is 29.7. The van der Waals surface area contributed by atoms with Crippen molar-refractivity contribution in [3.8, 4) is 0 Å². The van der Waals surface area contributed by atoms with Crippen LogP contribution in [0.5, 0.6) is 0 Å². The van der Waals surface area contributed by atoms with E-state index in [1.807, 2.05) is 4.90 Å². The van der Waals surface area contributed by atoms with Crippen LogP contribution >= 0.6 is 0 Å². The lowest BCUT2D eigenvalue weighted by Gasteiger charge is -2.45. The second-order valence-electron chi connectivity index (χ2n) is 8.35. The van der Waals surface area contributed by atoms with Crippen LogP contribution in [0.15, 0.2) is 30.3 Å². The van der Waals surface area contributed by atoms with Crippen molar-refractivity contribution in [1.82, 2.24) is 9.88 Å². The van der Waals surface area contributed by atoms with Gasteiger partial charge in [0.1, 0.15) is 0 Å². The number of aromatic amines is 1. The summed E-state index contributed by atoms with van der Waals surface area (Å²) in [5.41, 5.74) is 2.46. The van der Waals surface area contributed by atoms with Gasteiger partial charge < -0.3 is 14.6 Å². The lowest BCUT2D eigenvalue weighted by atomic mass is 9.61. The van der Waals surface area contributed by atoms with Gasteiger partial charge in [0.05, 0.1) is 13.0 Å². The predicted octanol–water partition coefficient (Wildman–Crippen LogP) is 3.22. The Morgan fingerprint density at radius 3 is 2.65 bits per heavy atom. The highest BCUT2D eigenvalue weighted by Gasteiger charge is 2.53. The van der Waals surface area contributed by atoms with Crippen molar-refractivity contribution in [1.29, 1.82) is 0 Å². The van der Waals surface area contributed by atoms with Gasteiger partial charge in [0.25, 0.3) is 0 Å². The molecule has 3 aliphatic rings. The Morgan fingerprint density at radius 2 is 1.96 bits per heavy atom. The molecule has 1 aromatic carbocycles. The number of nitrogens with zero attached hydrogens (tertiary/aromatic N) is 1. The number of para-hydroxylation sites is 1. The minimum atomic E-state index is -0.102. The SMILES string of the molecule is O=C1CC2(CO1)CC(C(=O)N1CCC(c3cc4ccccc4[nH]3)CC1)C2. The lowest BCUT2D eigenvalue weighted by Crippen LogP contribution is -2.49. The molecule has 0 radical (unpaired) electrons. The Balaban J connectivity index is 1.18. The quantitative estimate of drug-likeness (QED) is 0.844. The van der Waals surface area contributed by atoms with E-state index in [0.29, 0.717) is 18.9 Å². The van der Waals surface area contributed by atoms with Crippen LogP contribution in [0.2, 0.25) is 0 Å². The Bertz CT molecular complexity index is 824. The van der Waals surface area contributed by atoms with Gasteiger partial charge in [0, 0.05) is 41.6 Å². The molecule has 0 atom stereocenters. The van der Waals surface area contributed by atoms with Crippen molar-refractivity contribution in [3.63, 3.8) is 0 Å². The van der Waals surface area contributed by atoms with Crippen molar-refractivity contribution >= 4 is 22.8 Å². The molecule has 1 spiro atoms. The summed E-state index contributed by atoms with van der Waals surface area (Å²) < 4.78 is 5.10. The highest BCUT2D eigenvalue weighted by molar-refractivity contribution is 5.82. The van der Waals surface area contributed by atoms with E-state index < -0.39 is 0 Å². The van der Waals surface area contributed by atoms with Crippen molar-refractivity contribution in [2.75, 3.05) is 19.7 Å². The van der Waals surface area contributed by atoms with Crippen LogP contribution in [-0.4, -0.2) is 41.5 Å². The van der Waals surface area contributed by atoms with Gasteiger partial charge >= 0.3 is 5.97 Å². The van der Waals surface area contributed by atoms with Crippen molar-refractivity contribution in [2.45, 2.75) is 38.0 Å². The van der Waals surface area contributed by atoms with Crippen LogP contribution in [0.25, 0.3) is 10.9 Å². The highest BCUT2D eigenvalue weighted by Crippen LogP contribution is 2.52. The zero-order chi connectivity index (χ0) is 17.7. The molecule has 2 aromatic rings. The van der Waals surface area contributed by atoms with Gasteiger partial charge in [-0.3, -0.25) is 9.59 Å². The molecule has 3 heterocycles. The van der Waals surface area contributed by atoms with Crippen LogP contribution in [0.3, 0.4) is 0 Å². The monoisotopic (exact) mass is 352 g/mol. The van der Waals surface area contributed by atoms with Gasteiger partial charge in [-0.25, -0.2) is 0 Å². The number of rotatable bonds is 2. The third-order valence-corrected chi connectivity index (χ3v) is 6.56. The van der Waals surface area contributed by atoms with Crippen LogP contribution < -0.4 is 0 Å². The van der Waals surface area contributed by atoms with Gasteiger partial charge in [-0.1, -0.05) is 18.2 Å². The summed E-state index contributed by atoms with van der Waals surface area (Å²) in [6.07, 6.45) is 4.16. The van der Waals surface area contributed by atoms with E-state index in [-0.39, 0.29) is 23.2 Å². The fourth-order valence-corrected chi connectivity index (χ4v) is 5.05. The largest absolute Gasteiger partial charge is 0.465 e. The molecule has 0 unspecified atom stereocenters. The Hall–Kier alpha value is -2.30. The molecule has 5 nitrogen and oxygen atoms in total. The molecule has 3 fully saturated rings. The van der Waals surface area contributed by atoms with Crippen LogP contribution in [0.1, 0.15) is 43.7 Å². The average molecular weight is 352 g/mol. The third-order valence-electron chi connectivity index (χ3n) is 6.56. The summed E-state index contributed by atoms with van der Waals surface area (Å²) in [7, 11) is 0. The molecule has 2 aliphatic heterocycles. The number of cyclic esters (lactones) is 1. The van der Waals surface area contributed by atoms with Gasteiger partial charge in [-0.15, -0.1) is 0 Å². The molecular formula is C21H24N2O3. The smallest absolute Gasteiger partial charge is 0.306 e. The van der Waals surface area contributed by atoms with E-state index in [4.69, 9.17) is 4.74 Å². The topological polar surface area (TPSA) is 62.4 Å². The Morgan fingerprint density at radius 1 is 1.19 bits per heavy atom. The third kappa shape index (κ3) is 2.61. The number of ether oxygens (including phenoxy) is 1. The second-order valence-corrected chi connectivity index (χ2v) is 8.35. The minimum Gasteiger partial charge on any atom is -0.465 e. The van der Waals surface area contributed by atoms with Gasteiger partial charge in [-0.2, -0.15) is 0 Å². The number of aromatic nitrogens is 1. The van der Waals surface area contributed by atoms with Gasteiger partial charge in [-0.05, 0) is 43.2 Å². The number of esters is 1. The van der Waals surface area contributed by atoms with Crippen molar-refractivity contribution < 1.29 is 14.3 Å². The molecule has 0 bridgehead atoms. The first-order chi connectivity index (χ1) is 12.6. The van der Waals surface area contributed by atoms with Gasteiger partial charge in [0.2, 0.25) is 5.91 Å². The number of fused-ring (bicyclic) bond motifs is 1. The fraction of sp³-hybridized carbons (Fsp3) is 0.524. The maximum Gasteiger partial charge on any atom is 0.306 e. The summed E-state index contributed by atoms with van der Waals surface area (Å²) in [6, 6.07) is 10.6. The summed E-state index contributed by atoms with van der Waals surface area (Å²) in [5, 5.41) is 1.26. The van der Waals surface area contributed by atoms with Crippen molar-refractivity contribution in [2.24, 2.45) is 11.3 Å². The molecule has 5 heteroatoms. The van der Waals surface area contributed by atoms with Crippen LogP contribution in [0.4, 0.5) is 0 Å². The van der Waals surface area contributed by atoms with Crippen molar-refractivity contribution in [3.05, 3.63) is 36.0 Å². The van der Waals surface area contributed by atoms with Crippen LogP contribution in [0, 0.1) is 11.3 Å². The zero-order valence-corrected chi connectivity index (χ0v) is 14.9. The first-order valence-electron chi connectivity index (χ1n) is 9.64. The first-order valence-corrected chi connectivity index (χ1v) is 9.64. The molecule has 26 heavy (non-hydrogen) atoms. The summed E-state index contributed by atoms with van der Waals surface area (Å²) >= 11 is 0. The Labute approximate surface area is 152 Å². The number of carbonyl (C=O) groups excluding carboxylic acids is 2. The summed E-state index contributed by atoms with van der Waals surface area (Å²) in [6.45, 7) is 2.17. The predicted molar refractivity (Wildman–Crippen MR) is 97.6 cm³/mol. The number of piperidine rings is 1. The highest BCUT2D eigenvalue weighted by atomic mass is 16.5. The molecule has 1 aliphatic carbocycles. The van der Waals surface area contributed by atoms with E-state index in [1.54, 1.807) is 0 Å². The number of hydrogen-bond donors (Lipinski definition) is 1. The van der Waals surface area contributed by atoms with E-state index in [1.165, 1.54) is 16.6 Å². The number of hydrogen-bond acceptors (Lipinski definition) is 3. The standard InChI is InChI=1S/C21H24N2O3/c24-19-12-21(13-26-19)10-16(11-21)20(25)23-7-5-14(6-8-23)18-9-15-3-1-2-4-17(15)22-18/h1-4,9,14,16,22H,5-8,10-13H2. The fourth-order valence-electron chi connectivity index (χ4n) is 5.05. The molecule has 1 aromatic heterocycles. The number of benzene rings is 1. The molecule has 136 valence electrons. The molecule has 1 N–H and O–H groups in total. The van der Waals surface area contributed by atoms with Gasteiger partial charge in [0.15, 0.2) is 0 Å².